The van der Waals surface area contributed by atoms with Crippen molar-refractivity contribution in [3.05, 3.63) is 0 Å². The van der Waals surface area contributed by atoms with E-state index in [-0.39, 0.29) is 6.04 Å². The Bertz CT molecular complexity index is 332. The van der Waals surface area contributed by atoms with Gasteiger partial charge in [-0.1, -0.05) is 26.2 Å². The van der Waals surface area contributed by atoms with Crippen molar-refractivity contribution in [2.75, 3.05) is 5.75 Å². The number of nitrogens with zero attached hydrogens (tertiary/aromatic N) is 1. The van der Waals surface area contributed by atoms with Crippen LogP contribution in [0.5, 0.6) is 0 Å². The van der Waals surface area contributed by atoms with Gasteiger partial charge in [-0.25, -0.2) is 13.1 Å². The van der Waals surface area contributed by atoms with E-state index in [2.05, 4.69) is 11.6 Å². The van der Waals surface area contributed by atoms with Gasteiger partial charge in [0.05, 0.1) is 6.07 Å². The summed E-state index contributed by atoms with van der Waals surface area (Å²) in [5.74, 6) is -0.0584. The van der Waals surface area contributed by atoms with Gasteiger partial charge in [-0.2, -0.15) is 5.26 Å². The van der Waals surface area contributed by atoms with Gasteiger partial charge in [-0.15, -0.1) is 0 Å². The number of rotatable bonds is 3. The molecule has 0 aromatic heterocycles. The molecule has 5 heteroatoms. The summed E-state index contributed by atoms with van der Waals surface area (Å²) < 4.78 is 25.5. The molecule has 0 aliphatic heterocycles. The van der Waals surface area contributed by atoms with Crippen LogP contribution in [0.4, 0.5) is 0 Å². The second-order valence-corrected chi connectivity index (χ2v) is 6.01. The largest absolute Gasteiger partial charge is 0.225 e. The summed E-state index contributed by atoms with van der Waals surface area (Å²) >= 11 is 0. The molecule has 0 aromatic carbocycles. The lowest BCUT2D eigenvalue weighted by Gasteiger charge is -2.21. The molecule has 1 saturated carbocycles. The Morgan fingerprint density at radius 3 is 2.67 bits per heavy atom. The zero-order valence-corrected chi connectivity index (χ0v) is 9.89. The van der Waals surface area contributed by atoms with Crippen molar-refractivity contribution < 1.29 is 8.42 Å². The first-order valence-corrected chi connectivity index (χ1v) is 7.07. The minimum absolute atomic E-state index is 0.0193. The molecule has 0 radical (unpaired) electrons. The van der Waals surface area contributed by atoms with Crippen LogP contribution in [0.1, 0.15) is 39.0 Å². The van der Waals surface area contributed by atoms with Gasteiger partial charge in [0.15, 0.2) is 5.75 Å². The molecule has 15 heavy (non-hydrogen) atoms. The highest BCUT2D eigenvalue weighted by molar-refractivity contribution is 7.89. The summed E-state index contributed by atoms with van der Waals surface area (Å²) in [4.78, 5) is 0. The van der Waals surface area contributed by atoms with E-state index in [9.17, 15) is 8.42 Å². The lowest BCUT2D eigenvalue weighted by Crippen LogP contribution is -2.39. The Morgan fingerprint density at radius 2 is 2.00 bits per heavy atom. The van der Waals surface area contributed by atoms with Crippen LogP contribution >= 0.6 is 0 Å². The van der Waals surface area contributed by atoms with Crippen molar-refractivity contribution in [1.29, 1.82) is 5.26 Å². The Hall–Kier alpha value is -0.600. The first-order valence-electron chi connectivity index (χ1n) is 5.42. The lowest BCUT2D eigenvalue weighted by molar-refractivity contribution is 0.400. The van der Waals surface area contributed by atoms with Crippen LogP contribution in [0.3, 0.4) is 0 Å². The van der Waals surface area contributed by atoms with Crippen molar-refractivity contribution >= 4 is 10.0 Å². The SMILES string of the molecule is CC1CCCCCC1NS(=O)(=O)CC#N. The maximum atomic E-state index is 11.4. The van der Waals surface area contributed by atoms with E-state index in [1.54, 1.807) is 6.07 Å². The fourth-order valence-electron chi connectivity index (χ4n) is 2.03. The molecule has 1 aliphatic rings. The summed E-state index contributed by atoms with van der Waals surface area (Å²) in [7, 11) is -3.39. The monoisotopic (exact) mass is 230 g/mol. The molecule has 0 saturated heterocycles. The standard InChI is InChI=1S/C10H18N2O2S/c1-9-5-3-2-4-6-10(9)12-15(13,14)8-7-11/h9-10,12H,2-6,8H2,1H3. The van der Waals surface area contributed by atoms with Gasteiger partial charge in [0.2, 0.25) is 10.0 Å². The van der Waals surface area contributed by atoms with Crippen molar-refractivity contribution in [2.45, 2.75) is 45.1 Å². The van der Waals surface area contributed by atoms with Crippen LogP contribution in [0, 0.1) is 17.2 Å². The van der Waals surface area contributed by atoms with E-state index < -0.39 is 15.8 Å². The molecular formula is C10H18N2O2S. The summed E-state index contributed by atoms with van der Waals surface area (Å²) in [5.41, 5.74) is 0. The molecule has 0 heterocycles. The lowest BCUT2D eigenvalue weighted by atomic mass is 9.98. The van der Waals surface area contributed by atoms with Crippen LogP contribution in [0.25, 0.3) is 0 Å². The average molecular weight is 230 g/mol. The van der Waals surface area contributed by atoms with Gasteiger partial charge in [0, 0.05) is 6.04 Å². The van der Waals surface area contributed by atoms with E-state index in [0.29, 0.717) is 5.92 Å². The summed E-state index contributed by atoms with van der Waals surface area (Å²) in [6, 6.07) is 1.70. The van der Waals surface area contributed by atoms with Crippen LogP contribution < -0.4 is 4.72 Å². The third-order valence-corrected chi connectivity index (χ3v) is 4.12. The number of hydrogen-bond acceptors (Lipinski definition) is 3. The van der Waals surface area contributed by atoms with Gasteiger partial charge in [0.1, 0.15) is 0 Å². The predicted octanol–water partition coefficient (Wildman–Crippen LogP) is 1.40. The highest BCUT2D eigenvalue weighted by atomic mass is 32.2. The zero-order chi connectivity index (χ0) is 11.3. The van der Waals surface area contributed by atoms with Crippen molar-refractivity contribution in [2.24, 2.45) is 5.92 Å². The Labute approximate surface area is 91.7 Å². The van der Waals surface area contributed by atoms with Crippen molar-refractivity contribution in [1.82, 2.24) is 4.72 Å². The highest BCUT2D eigenvalue weighted by Gasteiger charge is 2.24. The highest BCUT2D eigenvalue weighted by Crippen LogP contribution is 2.23. The Balaban J connectivity index is 2.59. The zero-order valence-electron chi connectivity index (χ0n) is 9.07. The van der Waals surface area contributed by atoms with Crippen molar-refractivity contribution in [3.63, 3.8) is 0 Å². The number of hydrogen-bond donors (Lipinski definition) is 1. The molecule has 1 aliphatic carbocycles. The average Bonchev–Trinajstić information content (AvgIpc) is 2.31. The second-order valence-electron chi connectivity index (χ2n) is 4.26. The van der Waals surface area contributed by atoms with Gasteiger partial charge in [-0.3, -0.25) is 0 Å². The van der Waals surface area contributed by atoms with E-state index in [4.69, 9.17) is 5.26 Å². The Kier molecular flexibility index (Phi) is 4.55. The molecule has 2 atom stereocenters. The molecule has 86 valence electrons. The molecular weight excluding hydrogens is 212 g/mol. The third kappa shape index (κ3) is 4.18. The predicted molar refractivity (Wildman–Crippen MR) is 58.6 cm³/mol. The first kappa shape index (κ1) is 12.5. The maximum Gasteiger partial charge on any atom is 0.225 e. The van der Waals surface area contributed by atoms with Crippen LogP contribution in [0.2, 0.25) is 0 Å². The molecule has 1 rings (SSSR count). The molecule has 0 spiro atoms. The Morgan fingerprint density at radius 1 is 1.33 bits per heavy atom. The quantitative estimate of drug-likeness (QED) is 0.745. The number of sulfonamides is 1. The second kappa shape index (κ2) is 5.47. The third-order valence-electron chi connectivity index (χ3n) is 2.95. The van der Waals surface area contributed by atoms with Gasteiger partial charge < -0.3 is 0 Å². The van der Waals surface area contributed by atoms with Gasteiger partial charge >= 0.3 is 0 Å². The van der Waals surface area contributed by atoms with Crippen LogP contribution in [0.15, 0.2) is 0 Å². The molecule has 2 unspecified atom stereocenters. The van der Waals surface area contributed by atoms with Crippen LogP contribution in [-0.4, -0.2) is 20.2 Å². The molecule has 0 amide bonds. The number of nitrogens with one attached hydrogen (secondary N) is 1. The fraction of sp³-hybridized carbons (Fsp3) is 0.900. The summed E-state index contributed by atoms with van der Waals surface area (Å²) in [6.07, 6.45) is 5.40. The summed E-state index contributed by atoms with van der Waals surface area (Å²) in [6.45, 7) is 2.07. The molecule has 1 fully saturated rings. The van der Waals surface area contributed by atoms with E-state index in [1.165, 1.54) is 12.8 Å². The van der Waals surface area contributed by atoms with Gasteiger partial charge in [0.25, 0.3) is 0 Å². The normalized spacial score (nSPS) is 28.0. The molecule has 0 aromatic rings. The molecule has 0 bridgehead atoms. The topological polar surface area (TPSA) is 70.0 Å². The maximum absolute atomic E-state index is 11.4. The fourth-order valence-corrected chi connectivity index (χ4v) is 3.09. The smallest absolute Gasteiger partial charge is 0.211 e. The molecule has 4 nitrogen and oxygen atoms in total. The van der Waals surface area contributed by atoms with Gasteiger partial charge in [-0.05, 0) is 18.8 Å². The van der Waals surface area contributed by atoms with Crippen molar-refractivity contribution in [3.8, 4) is 6.07 Å². The minimum atomic E-state index is -3.39. The van der Waals surface area contributed by atoms with E-state index in [0.717, 1.165) is 19.3 Å². The number of nitriles is 1. The van der Waals surface area contributed by atoms with E-state index in [1.807, 2.05) is 0 Å². The molecule has 1 N–H and O–H groups in total. The first-order chi connectivity index (χ1) is 7.05. The minimum Gasteiger partial charge on any atom is -0.211 e. The summed E-state index contributed by atoms with van der Waals surface area (Å²) in [5, 5.41) is 8.38. The van der Waals surface area contributed by atoms with Crippen LogP contribution in [-0.2, 0) is 10.0 Å². The van der Waals surface area contributed by atoms with E-state index >= 15 is 0 Å².